The van der Waals surface area contributed by atoms with Gasteiger partial charge in [-0.1, -0.05) is 35.4 Å². The summed E-state index contributed by atoms with van der Waals surface area (Å²) in [4.78, 5) is 22.8. The number of likely N-dealkylation sites (N-methyl/N-ethyl adjacent to an activating group) is 1. The second kappa shape index (κ2) is 14.0. The molecule has 0 aliphatic rings. The Morgan fingerprint density at radius 1 is 1.10 bits per heavy atom. The first kappa shape index (κ1) is 25.9. The molecule has 0 radical (unpaired) electrons. The summed E-state index contributed by atoms with van der Waals surface area (Å²) in [5, 5.41) is 6.52. The predicted octanol–water partition coefficient (Wildman–Crippen LogP) is 3.12. The zero-order valence-electron chi connectivity index (χ0n) is 18.4. The molecule has 2 aromatic rings. The fraction of sp³-hybridized carbons (Fsp3) is 0.435. The minimum absolute atomic E-state index is 0. The van der Waals surface area contributed by atoms with E-state index >= 15 is 0 Å². The Hall–Kier alpha value is -2.16. The molecule has 0 spiro atoms. The van der Waals surface area contributed by atoms with Crippen LogP contribution in [0.4, 0.5) is 0 Å². The van der Waals surface area contributed by atoms with Crippen molar-refractivity contribution in [3.63, 3.8) is 0 Å². The summed E-state index contributed by atoms with van der Waals surface area (Å²) in [5.74, 6) is 0.663. The average Bonchev–Trinajstić information content (AvgIpc) is 2.70. The Labute approximate surface area is 197 Å². The van der Waals surface area contributed by atoms with E-state index in [0.29, 0.717) is 12.5 Å². The van der Waals surface area contributed by atoms with Crippen LogP contribution in [0, 0.1) is 13.8 Å². The van der Waals surface area contributed by atoms with E-state index < -0.39 is 0 Å². The summed E-state index contributed by atoms with van der Waals surface area (Å²) in [6.45, 7) is 8.51. The van der Waals surface area contributed by atoms with E-state index in [1.165, 1.54) is 16.7 Å². The molecule has 1 amide bonds. The Kier molecular flexibility index (Phi) is 12.0. The third-order valence-corrected chi connectivity index (χ3v) is 4.56. The maximum atomic E-state index is 12.4. The van der Waals surface area contributed by atoms with Crippen LogP contribution in [0.25, 0.3) is 0 Å². The van der Waals surface area contributed by atoms with E-state index in [0.717, 1.165) is 31.6 Å². The van der Waals surface area contributed by atoms with Gasteiger partial charge in [-0.3, -0.25) is 9.78 Å². The fourth-order valence-electron chi connectivity index (χ4n) is 3.10. The van der Waals surface area contributed by atoms with Crippen LogP contribution >= 0.6 is 24.0 Å². The maximum absolute atomic E-state index is 12.4. The first-order chi connectivity index (χ1) is 14.0. The third kappa shape index (κ3) is 9.56. The van der Waals surface area contributed by atoms with Crippen LogP contribution < -0.4 is 10.6 Å². The Bertz CT molecular complexity index is 790. The summed E-state index contributed by atoms with van der Waals surface area (Å²) >= 11 is 0. The molecule has 7 heteroatoms. The number of carbonyl (C=O) groups is 1. The minimum atomic E-state index is -0.00700. The lowest BCUT2D eigenvalue weighted by Gasteiger charge is -2.17. The molecular formula is C23H34IN5O. The first-order valence-corrected chi connectivity index (χ1v) is 10.2. The number of amides is 1. The molecule has 164 valence electrons. The van der Waals surface area contributed by atoms with Crippen LogP contribution in [0.2, 0.25) is 0 Å². The minimum Gasteiger partial charge on any atom is -0.357 e. The predicted molar refractivity (Wildman–Crippen MR) is 135 cm³/mol. The van der Waals surface area contributed by atoms with Crippen LogP contribution in [0.15, 0.2) is 47.6 Å². The molecule has 0 aliphatic carbocycles. The van der Waals surface area contributed by atoms with Crippen molar-refractivity contribution in [2.75, 3.05) is 33.2 Å². The molecule has 1 aromatic heterocycles. The monoisotopic (exact) mass is 523 g/mol. The van der Waals surface area contributed by atoms with E-state index in [9.17, 15) is 4.79 Å². The molecule has 1 heterocycles. The molecule has 0 saturated carbocycles. The average molecular weight is 523 g/mol. The van der Waals surface area contributed by atoms with Crippen LogP contribution in [-0.2, 0) is 17.6 Å². The number of guanidine groups is 1. The molecule has 0 unspecified atom stereocenters. The zero-order chi connectivity index (χ0) is 21.1. The lowest BCUT2D eigenvalue weighted by molar-refractivity contribution is -0.128. The Morgan fingerprint density at radius 3 is 2.47 bits per heavy atom. The van der Waals surface area contributed by atoms with Gasteiger partial charge in [0, 0.05) is 45.0 Å². The van der Waals surface area contributed by atoms with Crippen LogP contribution in [0.3, 0.4) is 0 Å². The number of nitrogens with zero attached hydrogens (tertiary/aromatic N) is 3. The third-order valence-electron chi connectivity index (χ3n) is 4.56. The molecule has 30 heavy (non-hydrogen) atoms. The lowest BCUT2D eigenvalue weighted by Crippen LogP contribution is -2.39. The van der Waals surface area contributed by atoms with Crippen molar-refractivity contribution >= 4 is 35.8 Å². The van der Waals surface area contributed by atoms with Gasteiger partial charge in [0.2, 0.25) is 5.91 Å². The molecule has 6 nitrogen and oxygen atoms in total. The summed E-state index contributed by atoms with van der Waals surface area (Å²) in [6.07, 6.45) is 3.42. The van der Waals surface area contributed by atoms with Crippen molar-refractivity contribution in [1.82, 2.24) is 20.5 Å². The van der Waals surface area contributed by atoms with Gasteiger partial charge in [0.25, 0.3) is 0 Å². The van der Waals surface area contributed by atoms with Gasteiger partial charge in [-0.2, -0.15) is 0 Å². The number of benzene rings is 1. The Balaban J connectivity index is 0.00000450. The number of halogens is 1. The van der Waals surface area contributed by atoms with E-state index in [-0.39, 0.29) is 36.4 Å². The highest BCUT2D eigenvalue weighted by Crippen LogP contribution is 2.09. The van der Waals surface area contributed by atoms with E-state index in [1.807, 2.05) is 25.1 Å². The molecule has 1 aromatic carbocycles. The summed E-state index contributed by atoms with van der Waals surface area (Å²) < 4.78 is 0. The van der Waals surface area contributed by atoms with Gasteiger partial charge in [-0.05, 0) is 44.9 Å². The molecule has 0 atom stereocenters. The SMILES string of the molecule is CCNC(=NCC(=O)N(C)CCc1ccccn1)NCCc1cc(C)cc(C)c1.I. The number of nitrogens with one attached hydrogen (secondary N) is 2. The van der Waals surface area contributed by atoms with Crippen molar-refractivity contribution in [2.24, 2.45) is 4.99 Å². The fourth-order valence-corrected chi connectivity index (χ4v) is 3.10. The van der Waals surface area contributed by atoms with Gasteiger partial charge in [-0.25, -0.2) is 4.99 Å². The van der Waals surface area contributed by atoms with Crippen molar-refractivity contribution in [2.45, 2.75) is 33.6 Å². The number of aryl methyl sites for hydroxylation is 2. The van der Waals surface area contributed by atoms with Gasteiger partial charge in [0.15, 0.2) is 5.96 Å². The Morgan fingerprint density at radius 2 is 1.83 bits per heavy atom. The topological polar surface area (TPSA) is 69.6 Å². The number of rotatable bonds is 9. The van der Waals surface area contributed by atoms with Gasteiger partial charge >= 0.3 is 0 Å². The second-order valence-electron chi connectivity index (χ2n) is 7.25. The smallest absolute Gasteiger partial charge is 0.244 e. The number of aliphatic imine (C=N–C) groups is 1. The first-order valence-electron chi connectivity index (χ1n) is 10.2. The van der Waals surface area contributed by atoms with Crippen molar-refractivity contribution in [1.29, 1.82) is 0 Å². The van der Waals surface area contributed by atoms with Crippen molar-refractivity contribution in [3.8, 4) is 0 Å². The molecule has 0 bridgehead atoms. The van der Waals surface area contributed by atoms with Crippen LogP contribution in [0.5, 0.6) is 0 Å². The second-order valence-corrected chi connectivity index (χ2v) is 7.25. The largest absolute Gasteiger partial charge is 0.357 e. The molecule has 0 aliphatic heterocycles. The number of hydrogen-bond donors (Lipinski definition) is 2. The number of pyridine rings is 1. The zero-order valence-corrected chi connectivity index (χ0v) is 20.8. The number of aromatic nitrogens is 1. The molecule has 2 rings (SSSR count). The lowest BCUT2D eigenvalue weighted by atomic mass is 10.1. The van der Waals surface area contributed by atoms with Crippen LogP contribution in [0.1, 0.15) is 29.3 Å². The maximum Gasteiger partial charge on any atom is 0.244 e. The highest BCUT2D eigenvalue weighted by molar-refractivity contribution is 14.0. The summed E-state index contributed by atoms with van der Waals surface area (Å²) in [7, 11) is 1.81. The summed E-state index contributed by atoms with van der Waals surface area (Å²) in [6, 6.07) is 12.4. The van der Waals surface area contributed by atoms with Gasteiger partial charge in [0.05, 0.1) is 0 Å². The molecule has 0 fully saturated rings. The summed E-state index contributed by atoms with van der Waals surface area (Å²) in [5.41, 5.74) is 4.84. The quantitative estimate of drug-likeness (QED) is 0.301. The van der Waals surface area contributed by atoms with Crippen molar-refractivity contribution in [3.05, 3.63) is 65.0 Å². The van der Waals surface area contributed by atoms with Crippen LogP contribution in [-0.4, -0.2) is 55.0 Å². The highest BCUT2D eigenvalue weighted by Gasteiger charge is 2.09. The highest BCUT2D eigenvalue weighted by atomic mass is 127. The molecule has 0 saturated heterocycles. The molecule has 2 N–H and O–H groups in total. The van der Waals surface area contributed by atoms with E-state index in [1.54, 1.807) is 18.1 Å². The van der Waals surface area contributed by atoms with E-state index in [4.69, 9.17) is 0 Å². The van der Waals surface area contributed by atoms with Gasteiger partial charge in [0.1, 0.15) is 6.54 Å². The van der Waals surface area contributed by atoms with Gasteiger partial charge in [-0.15, -0.1) is 24.0 Å². The number of hydrogen-bond acceptors (Lipinski definition) is 3. The standard InChI is InChI=1S/C23H33N5O.HI/c1-5-24-23(26-12-9-20-15-18(2)14-19(3)16-20)27-17-22(29)28(4)13-10-21-8-6-7-11-25-21;/h6-8,11,14-16H,5,9-10,12-13,17H2,1-4H3,(H2,24,26,27);1H. The van der Waals surface area contributed by atoms with Crippen molar-refractivity contribution < 1.29 is 4.79 Å². The number of carbonyl (C=O) groups excluding carboxylic acids is 1. The van der Waals surface area contributed by atoms with E-state index in [2.05, 4.69) is 52.7 Å². The molecular weight excluding hydrogens is 489 g/mol. The van der Waals surface area contributed by atoms with Gasteiger partial charge < -0.3 is 15.5 Å². The normalized spacial score (nSPS) is 10.9.